The molecular formula is C21H24N2O3. The molecule has 1 fully saturated rings. The van der Waals surface area contributed by atoms with Crippen LogP contribution in [0.5, 0.6) is 5.75 Å². The monoisotopic (exact) mass is 352 g/mol. The predicted octanol–water partition coefficient (Wildman–Crippen LogP) is 2.53. The van der Waals surface area contributed by atoms with Crippen molar-refractivity contribution in [3.8, 4) is 5.75 Å². The van der Waals surface area contributed by atoms with Crippen LogP contribution in [0.25, 0.3) is 0 Å². The number of amides is 2. The van der Waals surface area contributed by atoms with E-state index in [0.717, 1.165) is 16.9 Å². The molecule has 5 heteroatoms. The molecule has 0 spiro atoms. The number of carbonyl (C=O) groups excluding carboxylic acids is 2. The first kappa shape index (κ1) is 18.0. The Morgan fingerprint density at radius 3 is 2.23 bits per heavy atom. The number of rotatable bonds is 4. The smallest absolute Gasteiger partial charge is 0.253 e. The van der Waals surface area contributed by atoms with Crippen molar-refractivity contribution >= 4 is 11.8 Å². The van der Waals surface area contributed by atoms with Gasteiger partial charge in [-0.3, -0.25) is 9.59 Å². The van der Waals surface area contributed by atoms with Gasteiger partial charge in [-0.25, -0.2) is 0 Å². The maximum atomic E-state index is 12.6. The second kappa shape index (κ2) is 8.04. The number of methoxy groups -OCH3 is 1. The second-order valence-corrected chi connectivity index (χ2v) is 6.57. The molecule has 2 aromatic rings. The highest BCUT2D eigenvalue weighted by Crippen LogP contribution is 2.15. The molecule has 1 heterocycles. The fourth-order valence-corrected chi connectivity index (χ4v) is 3.18. The number of ether oxygens (including phenoxy) is 1. The van der Waals surface area contributed by atoms with Gasteiger partial charge in [-0.2, -0.15) is 0 Å². The summed E-state index contributed by atoms with van der Waals surface area (Å²) in [7, 11) is 1.60. The first-order chi connectivity index (χ1) is 12.6. The molecule has 1 saturated heterocycles. The lowest BCUT2D eigenvalue weighted by Gasteiger charge is -2.35. The summed E-state index contributed by atoms with van der Waals surface area (Å²) in [5, 5.41) is 0. The summed E-state index contributed by atoms with van der Waals surface area (Å²) in [4.78, 5) is 28.7. The SMILES string of the molecule is COc1ccc(C(=O)N2CCN(C(=O)Cc3cccc(C)c3)CC2)cc1. The van der Waals surface area contributed by atoms with E-state index in [2.05, 4.69) is 0 Å². The highest BCUT2D eigenvalue weighted by atomic mass is 16.5. The Morgan fingerprint density at radius 1 is 0.962 bits per heavy atom. The Balaban J connectivity index is 1.54. The van der Waals surface area contributed by atoms with E-state index in [1.807, 2.05) is 36.1 Å². The van der Waals surface area contributed by atoms with Crippen molar-refractivity contribution < 1.29 is 14.3 Å². The minimum Gasteiger partial charge on any atom is -0.497 e. The number of hydrogen-bond donors (Lipinski definition) is 0. The van der Waals surface area contributed by atoms with Crippen LogP contribution in [0.2, 0.25) is 0 Å². The summed E-state index contributed by atoms with van der Waals surface area (Å²) in [5.41, 5.74) is 2.84. The lowest BCUT2D eigenvalue weighted by molar-refractivity contribution is -0.131. The fourth-order valence-electron chi connectivity index (χ4n) is 3.18. The van der Waals surface area contributed by atoms with Crippen molar-refractivity contribution in [1.82, 2.24) is 9.80 Å². The van der Waals surface area contributed by atoms with Crippen LogP contribution in [-0.2, 0) is 11.2 Å². The lowest BCUT2D eigenvalue weighted by Crippen LogP contribution is -2.51. The summed E-state index contributed by atoms with van der Waals surface area (Å²) in [6.07, 6.45) is 0.411. The van der Waals surface area contributed by atoms with Crippen LogP contribution in [0.15, 0.2) is 48.5 Å². The molecule has 2 amide bonds. The number of piperazine rings is 1. The zero-order valence-electron chi connectivity index (χ0n) is 15.3. The molecule has 0 radical (unpaired) electrons. The van der Waals surface area contributed by atoms with Crippen LogP contribution in [-0.4, -0.2) is 54.9 Å². The van der Waals surface area contributed by atoms with Gasteiger partial charge in [0.05, 0.1) is 13.5 Å². The summed E-state index contributed by atoms with van der Waals surface area (Å²) in [6.45, 7) is 4.30. The zero-order chi connectivity index (χ0) is 18.5. The third-order valence-electron chi connectivity index (χ3n) is 4.69. The van der Waals surface area contributed by atoms with Crippen LogP contribution in [0.4, 0.5) is 0 Å². The first-order valence-corrected chi connectivity index (χ1v) is 8.83. The molecule has 0 aliphatic carbocycles. The van der Waals surface area contributed by atoms with Gasteiger partial charge in [0.25, 0.3) is 5.91 Å². The molecule has 0 aromatic heterocycles. The lowest BCUT2D eigenvalue weighted by atomic mass is 10.1. The van der Waals surface area contributed by atoms with E-state index in [4.69, 9.17) is 4.74 Å². The normalized spacial score (nSPS) is 14.2. The van der Waals surface area contributed by atoms with Crippen molar-refractivity contribution in [3.05, 3.63) is 65.2 Å². The van der Waals surface area contributed by atoms with Crippen molar-refractivity contribution in [3.63, 3.8) is 0 Å². The topological polar surface area (TPSA) is 49.9 Å². The van der Waals surface area contributed by atoms with E-state index < -0.39 is 0 Å². The molecule has 0 bridgehead atoms. The van der Waals surface area contributed by atoms with Gasteiger partial charge in [0.2, 0.25) is 5.91 Å². The summed E-state index contributed by atoms with van der Waals surface area (Å²) >= 11 is 0. The molecule has 0 saturated carbocycles. The average Bonchev–Trinajstić information content (AvgIpc) is 2.67. The molecule has 0 unspecified atom stereocenters. The van der Waals surface area contributed by atoms with Crippen molar-refractivity contribution in [1.29, 1.82) is 0 Å². The Bertz CT molecular complexity index is 778. The first-order valence-electron chi connectivity index (χ1n) is 8.83. The second-order valence-electron chi connectivity index (χ2n) is 6.57. The molecule has 1 aliphatic rings. The molecule has 3 rings (SSSR count). The van der Waals surface area contributed by atoms with Gasteiger partial charge in [-0.15, -0.1) is 0 Å². The molecule has 26 heavy (non-hydrogen) atoms. The van der Waals surface area contributed by atoms with Crippen LogP contribution in [0, 0.1) is 6.92 Å². The largest absolute Gasteiger partial charge is 0.497 e. The minimum atomic E-state index is -0.00145. The summed E-state index contributed by atoms with van der Waals surface area (Å²) < 4.78 is 5.12. The summed E-state index contributed by atoms with van der Waals surface area (Å²) in [5.74, 6) is 0.846. The number of carbonyl (C=O) groups is 2. The van der Waals surface area contributed by atoms with E-state index >= 15 is 0 Å². The molecule has 0 atom stereocenters. The molecule has 2 aromatic carbocycles. The molecule has 0 N–H and O–H groups in total. The van der Waals surface area contributed by atoms with Gasteiger partial charge in [0.15, 0.2) is 0 Å². The quantitative estimate of drug-likeness (QED) is 0.850. The molecular weight excluding hydrogens is 328 g/mol. The van der Waals surface area contributed by atoms with E-state index in [9.17, 15) is 9.59 Å². The highest BCUT2D eigenvalue weighted by molar-refractivity contribution is 5.94. The molecule has 5 nitrogen and oxygen atoms in total. The van der Waals surface area contributed by atoms with Crippen LogP contribution < -0.4 is 4.74 Å². The number of benzene rings is 2. The zero-order valence-corrected chi connectivity index (χ0v) is 15.3. The third-order valence-corrected chi connectivity index (χ3v) is 4.69. The minimum absolute atomic E-state index is 0.00145. The standard InChI is InChI=1S/C21H24N2O3/c1-16-4-3-5-17(14-16)15-20(24)22-10-12-23(13-11-22)21(25)18-6-8-19(26-2)9-7-18/h3-9,14H,10-13,15H2,1-2H3. The van der Waals surface area contributed by atoms with E-state index in [0.29, 0.717) is 38.2 Å². The maximum absolute atomic E-state index is 12.6. The Kier molecular flexibility index (Phi) is 5.56. The third kappa shape index (κ3) is 4.23. The van der Waals surface area contributed by atoms with Gasteiger partial charge >= 0.3 is 0 Å². The van der Waals surface area contributed by atoms with Gasteiger partial charge in [-0.1, -0.05) is 29.8 Å². The van der Waals surface area contributed by atoms with Crippen molar-refractivity contribution in [2.24, 2.45) is 0 Å². The predicted molar refractivity (Wildman–Crippen MR) is 100 cm³/mol. The number of hydrogen-bond acceptors (Lipinski definition) is 3. The summed E-state index contributed by atoms with van der Waals surface area (Å²) in [6, 6.07) is 15.1. The Labute approximate surface area is 154 Å². The average molecular weight is 352 g/mol. The fraction of sp³-hybridized carbons (Fsp3) is 0.333. The van der Waals surface area contributed by atoms with E-state index in [-0.39, 0.29) is 11.8 Å². The van der Waals surface area contributed by atoms with Crippen molar-refractivity contribution in [2.45, 2.75) is 13.3 Å². The van der Waals surface area contributed by atoms with Crippen molar-refractivity contribution in [2.75, 3.05) is 33.3 Å². The van der Waals surface area contributed by atoms with Crippen LogP contribution in [0.3, 0.4) is 0 Å². The van der Waals surface area contributed by atoms with Gasteiger partial charge in [0, 0.05) is 31.7 Å². The maximum Gasteiger partial charge on any atom is 0.253 e. The highest BCUT2D eigenvalue weighted by Gasteiger charge is 2.24. The molecule has 136 valence electrons. The van der Waals surface area contributed by atoms with Gasteiger partial charge < -0.3 is 14.5 Å². The number of nitrogens with zero attached hydrogens (tertiary/aromatic N) is 2. The Morgan fingerprint density at radius 2 is 1.62 bits per heavy atom. The Hall–Kier alpha value is -2.82. The van der Waals surface area contributed by atoms with E-state index in [1.54, 1.807) is 36.3 Å². The van der Waals surface area contributed by atoms with Crippen LogP contribution in [0.1, 0.15) is 21.5 Å². The molecule has 1 aliphatic heterocycles. The van der Waals surface area contributed by atoms with Crippen LogP contribution >= 0.6 is 0 Å². The van der Waals surface area contributed by atoms with E-state index in [1.165, 1.54) is 0 Å². The van der Waals surface area contributed by atoms with Gasteiger partial charge in [-0.05, 0) is 36.8 Å². The van der Waals surface area contributed by atoms with Gasteiger partial charge in [0.1, 0.15) is 5.75 Å². The number of aryl methyl sites for hydroxylation is 1.